The highest BCUT2D eigenvalue weighted by molar-refractivity contribution is 8.00. The number of hydrogen-bond acceptors (Lipinski definition) is 4. The summed E-state index contributed by atoms with van der Waals surface area (Å²) < 4.78 is 40.1. The van der Waals surface area contributed by atoms with Gasteiger partial charge in [0.25, 0.3) is 10.0 Å². The second-order valence-corrected chi connectivity index (χ2v) is 7.10. The summed E-state index contributed by atoms with van der Waals surface area (Å²) in [5.41, 5.74) is 0.578. The van der Waals surface area contributed by atoms with Crippen LogP contribution >= 0.6 is 11.8 Å². The third-order valence-electron chi connectivity index (χ3n) is 2.95. The number of thioether (sulfide) groups is 1. The molecule has 1 aliphatic rings. The number of fused-ring (bicyclic) bond motifs is 1. The zero-order valence-corrected chi connectivity index (χ0v) is 12.0. The second kappa shape index (κ2) is 5.06. The van der Waals surface area contributed by atoms with Crippen LogP contribution < -0.4 is 4.31 Å². The Morgan fingerprint density at radius 3 is 2.80 bits per heavy atom. The van der Waals surface area contributed by atoms with Crippen molar-refractivity contribution in [3.8, 4) is 0 Å². The molecule has 0 fully saturated rings. The summed E-state index contributed by atoms with van der Waals surface area (Å²) in [6.45, 7) is 0.306. The summed E-state index contributed by atoms with van der Waals surface area (Å²) in [6.07, 6.45) is 1.28. The van der Waals surface area contributed by atoms with E-state index in [-0.39, 0.29) is 0 Å². The van der Waals surface area contributed by atoms with Gasteiger partial charge in [0, 0.05) is 23.4 Å². The van der Waals surface area contributed by atoms with Crippen LogP contribution in [0.4, 0.5) is 10.1 Å². The highest BCUT2D eigenvalue weighted by Gasteiger charge is 2.32. The summed E-state index contributed by atoms with van der Waals surface area (Å²) in [5, 5.41) is -0.526. The van der Waals surface area contributed by atoms with Crippen molar-refractivity contribution in [3.05, 3.63) is 48.4 Å². The number of pyridine rings is 1. The average Bonchev–Trinajstić information content (AvgIpc) is 2.47. The molecule has 7 heteroatoms. The fraction of sp³-hybridized carbons (Fsp3) is 0.154. The normalized spacial score (nSPS) is 14.9. The van der Waals surface area contributed by atoms with Crippen LogP contribution in [0.2, 0.25) is 0 Å². The molecule has 1 aliphatic heterocycles. The molecule has 0 atom stereocenters. The predicted molar refractivity (Wildman–Crippen MR) is 75.9 cm³/mol. The first kappa shape index (κ1) is 13.4. The van der Waals surface area contributed by atoms with Gasteiger partial charge in [-0.15, -0.1) is 11.8 Å². The number of anilines is 1. The van der Waals surface area contributed by atoms with Crippen LogP contribution in [-0.4, -0.2) is 25.7 Å². The van der Waals surface area contributed by atoms with Crippen molar-refractivity contribution < 1.29 is 12.8 Å². The molecule has 2 aromatic rings. The fourth-order valence-electron chi connectivity index (χ4n) is 2.06. The molecule has 0 N–H and O–H groups in total. The first-order chi connectivity index (χ1) is 9.60. The molecular formula is C13H11FN2O2S2. The molecule has 3 rings (SSSR count). The molecule has 1 aromatic heterocycles. The minimum Gasteiger partial charge on any atom is -0.263 e. The van der Waals surface area contributed by atoms with Crippen LogP contribution in [0.5, 0.6) is 0 Å². The van der Waals surface area contributed by atoms with Gasteiger partial charge in [-0.25, -0.2) is 9.37 Å². The Bertz CT molecular complexity index is 750. The third kappa shape index (κ3) is 2.16. The molecule has 0 spiro atoms. The smallest absolute Gasteiger partial charge is 0.263 e. The van der Waals surface area contributed by atoms with Gasteiger partial charge >= 0.3 is 0 Å². The van der Waals surface area contributed by atoms with Crippen molar-refractivity contribution in [2.24, 2.45) is 0 Å². The molecule has 0 amide bonds. The van der Waals surface area contributed by atoms with Crippen LogP contribution in [0.1, 0.15) is 0 Å². The third-order valence-corrected chi connectivity index (χ3v) is 5.74. The van der Waals surface area contributed by atoms with E-state index in [0.29, 0.717) is 18.0 Å². The molecule has 0 bridgehead atoms. The molecule has 0 aliphatic carbocycles. The number of rotatable bonds is 2. The van der Waals surface area contributed by atoms with Crippen molar-refractivity contribution >= 4 is 27.5 Å². The van der Waals surface area contributed by atoms with Gasteiger partial charge in [-0.1, -0.05) is 12.1 Å². The summed E-state index contributed by atoms with van der Waals surface area (Å²) in [6, 6.07) is 9.67. The van der Waals surface area contributed by atoms with E-state index >= 15 is 0 Å². The number of halogens is 1. The summed E-state index contributed by atoms with van der Waals surface area (Å²) >= 11 is 1.59. The van der Waals surface area contributed by atoms with Gasteiger partial charge in [-0.05, 0) is 24.3 Å². The van der Waals surface area contributed by atoms with E-state index < -0.39 is 20.9 Å². The van der Waals surface area contributed by atoms with E-state index in [1.54, 1.807) is 23.9 Å². The van der Waals surface area contributed by atoms with Gasteiger partial charge in [0.15, 0.2) is 5.82 Å². The quantitative estimate of drug-likeness (QED) is 0.855. The largest absolute Gasteiger partial charge is 0.284 e. The van der Waals surface area contributed by atoms with Gasteiger partial charge in [0.1, 0.15) is 0 Å². The lowest BCUT2D eigenvalue weighted by atomic mass is 10.3. The van der Waals surface area contributed by atoms with Crippen LogP contribution in [0.15, 0.2) is 52.5 Å². The van der Waals surface area contributed by atoms with Crippen molar-refractivity contribution in [3.63, 3.8) is 0 Å². The molecule has 0 saturated carbocycles. The van der Waals surface area contributed by atoms with Crippen LogP contribution in [-0.2, 0) is 10.0 Å². The number of sulfonamides is 1. The average molecular weight is 310 g/mol. The Labute approximate surface area is 120 Å². The van der Waals surface area contributed by atoms with Crippen molar-refractivity contribution in [2.75, 3.05) is 16.6 Å². The Balaban J connectivity index is 2.13. The minimum absolute atomic E-state index is 0.306. The number of hydrogen-bond donors (Lipinski definition) is 0. The number of aromatic nitrogens is 1. The van der Waals surface area contributed by atoms with Crippen LogP contribution in [0, 0.1) is 5.82 Å². The van der Waals surface area contributed by atoms with E-state index in [4.69, 9.17) is 0 Å². The SMILES string of the molecule is O=S(=O)(c1ncccc1F)N1CCSc2ccccc21. The summed E-state index contributed by atoms with van der Waals surface area (Å²) in [4.78, 5) is 4.56. The Kier molecular flexibility index (Phi) is 3.39. The number of nitrogens with zero attached hydrogens (tertiary/aromatic N) is 2. The molecule has 0 unspecified atom stereocenters. The Morgan fingerprint density at radius 2 is 2.00 bits per heavy atom. The molecule has 104 valence electrons. The molecule has 0 radical (unpaired) electrons. The first-order valence-corrected chi connectivity index (χ1v) is 8.38. The summed E-state index contributed by atoms with van der Waals surface area (Å²) in [5.74, 6) is -0.201. The lowest BCUT2D eigenvalue weighted by Crippen LogP contribution is -2.36. The predicted octanol–water partition coefficient (Wildman–Crippen LogP) is 2.52. The van der Waals surface area contributed by atoms with Crippen molar-refractivity contribution in [1.29, 1.82) is 0 Å². The number of para-hydroxylation sites is 1. The molecular weight excluding hydrogens is 299 g/mol. The van der Waals surface area contributed by atoms with Gasteiger partial charge in [-0.2, -0.15) is 8.42 Å². The maximum absolute atomic E-state index is 13.7. The topological polar surface area (TPSA) is 50.3 Å². The van der Waals surface area contributed by atoms with E-state index in [0.717, 1.165) is 11.0 Å². The van der Waals surface area contributed by atoms with E-state index in [9.17, 15) is 12.8 Å². The zero-order valence-electron chi connectivity index (χ0n) is 10.4. The lowest BCUT2D eigenvalue weighted by molar-refractivity contribution is 0.551. The standard InChI is InChI=1S/C13H11FN2O2S2/c14-10-4-3-7-15-13(10)20(17,18)16-8-9-19-12-6-2-1-5-11(12)16/h1-7H,8-9H2. The molecule has 4 nitrogen and oxygen atoms in total. The first-order valence-electron chi connectivity index (χ1n) is 5.96. The maximum atomic E-state index is 13.7. The van der Waals surface area contributed by atoms with Gasteiger partial charge in [0.2, 0.25) is 5.03 Å². The van der Waals surface area contributed by atoms with Gasteiger partial charge < -0.3 is 0 Å². The van der Waals surface area contributed by atoms with Crippen LogP contribution in [0.25, 0.3) is 0 Å². The van der Waals surface area contributed by atoms with E-state index in [2.05, 4.69) is 4.98 Å². The second-order valence-electron chi connectivity index (χ2n) is 4.18. The Hall–Kier alpha value is -1.60. The fourth-order valence-corrected chi connectivity index (χ4v) is 4.69. The monoisotopic (exact) mass is 310 g/mol. The molecule has 0 saturated heterocycles. The Morgan fingerprint density at radius 1 is 1.20 bits per heavy atom. The summed E-state index contributed by atoms with van der Waals surface area (Å²) in [7, 11) is -3.97. The minimum atomic E-state index is -3.97. The lowest BCUT2D eigenvalue weighted by Gasteiger charge is -2.29. The number of benzene rings is 1. The van der Waals surface area contributed by atoms with Crippen molar-refractivity contribution in [1.82, 2.24) is 4.98 Å². The highest BCUT2D eigenvalue weighted by atomic mass is 32.2. The van der Waals surface area contributed by atoms with E-state index in [1.165, 1.54) is 16.6 Å². The molecule has 20 heavy (non-hydrogen) atoms. The van der Waals surface area contributed by atoms with Gasteiger partial charge in [-0.3, -0.25) is 4.31 Å². The molecule has 2 heterocycles. The van der Waals surface area contributed by atoms with E-state index in [1.807, 2.05) is 12.1 Å². The van der Waals surface area contributed by atoms with Crippen LogP contribution in [0.3, 0.4) is 0 Å². The van der Waals surface area contributed by atoms with Crippen molar-refractivity contribution in [2.45, 2.75) is 9.92 Å². The van der Waals surface area contributed by atoms with Gasteiger partial charge in [0.05, 0.1) is 5.69 Å². The highest BCUT2D eigenvalue weighted by Crippen LogP contribution is 2.37. The molecule has 1 aromatic carbocycles. The zero-order chi connectivity index (χ0) is 14.2. The maximum Gasteiger partial charge on any atom is 0.284 e.